The molecule has 2 heterocycles. The van der Waals surface area contributed by atoms with E-state index < -0.39 is 17.3 Å². The van der Waals surface area contributed by atoms with Crippen molar-refractivity contribution >= 4 is 39.1 Å². The second-order valence-electron chi connectivity index (χ2n) is 5.58. The zero-order valence-corrected chi connectivity index (χ0v) is 14.5. The SMILES string of the molecule is O=c1nc(NCc2ccc(F)cc2F)nc(Nc2ccc3ncsc3c2)[nH]1. The molecule has 0 saturated heterocycles. The van der Waals surface area contributed by atoms with Crippen LogP contribution in [0.15, 0.2) is 46.7 Å². The third kappa shape index (κ3) is 3.90. The number of H-pyrrole nitrogens is 1. The Morgan fingerprint density at radius 1 is 1.11 bits per heavy atom. The van der Waals surface area contributed by atoms with E-state index in [1.54, 1.807) is 5.51 Å². The molecule has 2 aromatic heterocycles. The van der Waals surface area contributed by atoms with Gasteiger partial charge in [-0.1, -0.05) is 6.07 Å². The number of fused-ring (bicyclic) bond motifs is 1. The maximum atomic E-state index is 13.7. The number of thiazole rings is 1. The molecule has 0 saturated carbocycles. The maximum absolute atomic E-state index is 13.7. The molecule has 0 radical (unpaired) electrons. The van der Waals surface area contributed by atoms with Crippen LogP contribution in [-0.4, -0.2) is 19.9 Å². The summed E-state index contributed by atoms with van der Waals surface area (Å²) in [5.74, 6) is -1.15. The number of aromatic nitrogens is 4. The average molecular weight is 386 g/mol. The summed E-state index contributed by atoms with van der Waals surface area (Å²) in [6.45, 7) is 0.00182. The van der Waals surface area contributed by atoms with Gasteiger partial charge in [-0.2, -0.15) is 9.97 Å². The van der Waals surface area contributed by atoms with Crippen molar-refractivity contribution in [2.24, 2.45) is 0 Å². The van der Waals surface area contributed by atoms with Crippen molar-refractivity contribution in [2.45, 2.75) is 6.54 Å². The van der Waals surface area contributed by atoms with E-state index in [1.165, 1.54) is 17.4 Å². The van der Waals surface area contributed by atoms with Crippen molar-refractivity contribution in [3.63, 3.8) is 0 Å². The molecular weight excluding hydrogens is 374 g/mol. The Kier molecular flexibility index (Phi) is 4.47. The summed E-state index contributed by atoms with van der Waals surface area (Å²) in [7, 11) is 0. The highest BCUT2D eigenvalue weighted by atomic mass is 32.1. The molecule has 0 unspecified atom stereocenters. The van der Waals surface area contributed by atoms with Crippen LogP contribution in [0.25, 0.3) is 10.2 Å². The van der Waals surface area contributed by atoms with Crippen LogP contribution in [0.4, 0.5) is 26.4 Å². The second-order valence-corrected chi connectivity index (χ2v) is 6.46. The zero-order chi connectivity index (χ0) is 18.8. The Hall–Kier alpha value is -3.40. The molecule has 0 amide bonds. The van der Waals surface area contributed by atoms with Gasteiger partial charge in [0.1, 0.15) is 11.6 Å². The van der Waals surface area contributed by atoms with Crippen molar-refractivity contribution in [3.8, 4) is 0 Å². The van der Waals surface area contributed by atoms with E-state index >= 15 is 0 Å². The van der Waals surface area contributed by atoms with Gasteiger partial charge in [-0.15, -0.1) is 11.3 Å². The van der Waals surface area contributed by atoms with Crippen molar-refractivity contribution in [2.75, 3.05) is 10.6 Å². The lowest BCUT2D eigenvalue weighted by Crippen LogP contribution is -2.18. The first kappa shape index (κ1) is 17.0. The molecule has 7 nitrogen and oxygen atoms in total. The molecule has 2 aromatic carbocycles. The summed E-state index contributed by atoms with van der Waals surface area (Å²) in [6.07, 6.45) is 0. The Balaban J connectivity index is 1.53. The minimum absolute atomic E-state index is 0.00182. The highest BCUT2D eigenvalue weighted by Gasteiger charge is 2.07. The monoisotopic (exact) mass is 386 g/mol. The summed E-state index contributed by atoms with van der Waals surface area (Å²) in [5.41, 5.74) is 2.96. The van der Waals surface area contributed by atoms with Crippen LogP contribution in [0, 0.1) is 11.6 Å². The number of benzene rings is 2. The lowest BCUT2D eigenvalue weighted by Gasteiger charge is -2.08. The number of aromatic amines is 1. The molecule has 10 heteroatoms. The van der Waals surface area contributed by atoms with Crippen LogP contribution in [0.3, 0.4) is 0 Å². The number of nitrogens with zero attached hydrogens (tertiary/aromatic N) is 3. The van der Waals surface area contributed by atoms with Gasteiger partial charge in [-0.25, -0.2) is 18.6 Å². The number of nitrogens with one attached hydrogen (secondary N) is 3. The van der Waals surface area contributed by atoms with E-state index in [1.807, 2.05) is 18.2 Å². The van der Waals surface area contributed by atoms with Gasteiger partial charge in [0.05, 0.1) is 15.7 Å². The highest BCUT2D eigenvalue weighted by molar-refractivity contribution is 7.16. The molecule has 0 bridgehead atoms. The number of hydrogen-bond acceptors (Lipinski definition) is 7. The first-order valence-corrected chi connectivity index (χ1v) is 8.71. The Bertz CT molecular complexity index is 1180. The molecule has 27 heavy (non-hydrogen) atoms. The Labute approximate surface area is 155 Å². The van der Waals surface area contributed by atoms with Gasteiger partial charge in [0.15, 0.2) is 0 Å². The Morgan fingerprint density at radius 3 is 2.85 bits per heavy atom. The van der Waals surface area contributed by atoms with E-state index in [4.69, 9.17) is 0 Å². The zero-order valence-electron chi connectivity index (χ0n) is 13.7. The lowest BCUT2D eigenvalue weighted by atomic mass is 10.2. The van der Waals surface area contributed by atoms with Gasteiger partial charge in [-0.3, -0.25) is 4.98 Å². The summed E-state index contributed by atoms with van der Waals surface area (Å²) in [6, 6.07) is 8.80. The Morgan fingerprint density at radius 2 is 2.00 bits per heavy atom. The van der Waals surface area contributed by atoms with Crippen LogP contribution in [-0.2, 0) is 6.54 Å². The summed E-state index contributed by atoms with van der Waals surface area (Å²) < 4.78 is 27.6. The molecule has 3 N–H and O–H groups in total. The predicted octanol–water partition coefficient (Wildman–Crippen LogP) is 3.41. The van der Waals surface area contributed by atoms with Crippen LogP contribution < -0.4 is 16.3 Å². The topological polar surface area (TPSA) is 95.6 Å². The maximum Gasteiger partial charge on any atom is 0.351 e. The van der Waals surface area contributed by atoms with E-state index in [-0.39, 0.29) is 24.0 Å². The highest BCUT2D eigenvalue weighted by Crippen LogP contribution is 2.23. The molecule has 0 aliphatic heterocycles. The molecule has 4 rings (SSSR count). The van der Waals surface area contributed by atoms with E-state index in [2.05, 4.69) is 30.6 Å². The fourth-order valence-electron chi connectivity index (χ4n) is 2.43. The van der Waals surface area contributed by atoms with E-state index in [0.29, 0.717) is 0 Å². The van der Waals surface area contributed by atoms with E-state index in [0.717, 1.165) is 28.0 Å². The minimum Gasteiger partial charge on any atom is -0.350 e. The first-order valence-electron chi connectivity index (χ1n) is 7.83. The van der Waals surface area contributed by atoms with Crippen molar-refractivity contribution < 1.29 is 8.78 Å². The van der Waals surface area contributed by atoms with Crippen LogP contribution in [0.1, 0.15) is 5.56 Å². The average Bonchev–Trinajstić information content (AvgIpc) is 3.08. The van der Waals surface area contributed by atoms with Gasteiger partial charge in [0, 0.05) is 23.9 Å². The molecule has 4 aromatic rings. The quantitative estimate of drug-likeness (QED) is 0.487. The van der Waals surface area contributed by atoms with E-state index in [9.17, 15) is 13.6 Å². The summed E-state index contributed by atoms with van der Waals surface area (Å²) >= 11 is 1.50. The predicted molar refractivity (Wildman–Crippen MR) is 99.2 cm³/mol. The third-order valence-electron chi connectivity index (χ3n) is 3.70. The standard InChI is InChI=1S/C17H12F2N6OS/c18-10-2-1-9(12(19)5-10)7-20-15-23-16(25-17(26)24-15)22-11-3-4-13-14(6-11)27-8-21-13/h1-6,8H,7H2,(H3,20,22,23,24,25,26). The molecule has 136 valence electrons. The fraction of sp³-hybridized carbons (Fsp3) is 0.0588. The summed E-state index contributed by atoms with van der Waals surface area (Å²) in [5, 5.41) is 5.75. The van der Waals surface area contributed by atoms with Crippen LogP contribution >= 0.6 is 11.3 Å². The van der Waals surface area contributed by atoms with Crippen molar-refractivity contribution in [1.29, 1.82) is 0 Å². The molecule has 0 aliphatic rings. The van der Waals surface area contributed by atoms with Gasteiger partial charge in [0.25, 0.3) is 0 Å². The van der Waals surface area contributed by atoms with Crippen molar-refractivity contribution in [1.82, 2.24) is 19.9 Å². The summed E-state index contributed by atoms with van der Waals surface area (Å²) in [4.78, 5) is 26.3. The number of halogens is 2. The molecule has 0 spiro atoms. The third-order valence-corrected chi connectivity index (χ3v) is 4.49. The number of hydrogen-bond donors (Lipinski definition) is 3. The largest absolute Gasteiger partial charge is 0.351 e. The van der Waals surface area contributed by atoms with Gasteiger partial charge in [-0.05, 0) is 24.3 Å². The number of anilines is 3. The second kappa shape index (κ2) is 7.08. The smallest absolute Gasteiger partial charge is 0.350 e. The van der Waals surface area contributed by atoms with Gasteiger partial charge >= 0.3 is 5.69 Å². The van der Waals surface area contributed by atoms with Gasteiger partial charge < -0.3 is 10.6 Å². The number of rotatable bonds is 5. The molecule has 0 fully saturated rings. The first-order chi connectivity index (χ1) is 13.1. The minimum atomic E-state index is -0.691. The fourth-order valence-corrected chi connectivity index (χ4v) is 3.15. The van der Waals surface area contributed by atoms with Crippen LogP contribution in [0.2, 0.25) is 0 Å². The normalized spacial score (nSPS) is 10.9. The molecule has 0 aliphatic carbocycles. The van der Waals surface area contributed by atoms with Gasteiger partial charge in [0.2, 0.25) is 11.9 Å². The molecular formula is C17H12F2N6OS. The van der Waals surface area contributed by atoms with Crippen LogP contribution in [0.5, 0.6) is 0 Å². The van der Waals surface area contributed by atoms with Crippen molar-refractivity contribution in [3.05, 3.63) is 69.6 Å². The molecule has 0 atom stereocenters. The lowest BCUT2D eigenvalue weighted by molar-refractivity contribution is 0.574.